The van der Waals surface area contributed by atoms with Crippen molar-refractivity contribution in [2.45, 2.75) is 64.4 Å². The average molecular weight is 996 g/mol. The van der Waals surface area contributed by atoms with Gasteiger partial charge in [0, 0.05) is 5.56 Å². The molecule has 0 bridgehead atoms. The van der Waals surface area contributed by atoms with Gasteiger partial charge in [-0.3, -0.25) is 0 Å². The second-order valence-corrected chi connectivity index (χ2v) is 16.8. The first-order valence-corrected chi connectivity index (χ1v) is 20.0. The van der Waals surface area contributed by atoms with Crippen LogP contribution in [0.25, 0.3) is 0 Å². The maximum atomic E-state index is 21.6. The van der Waals surface area contributed by atoms with Gasteiger partial charge in [-0.1, -0.05) is 60.2 Å². The van der Waals surface area contributed by atoms with E-state index >= 15 is 87.8 Å². The van der Waals surface area contributed by atoms with E-state index in [9.17, 15) is 0 Å². The zero-order chi connectivity index (χ0) is 51.7. The van der Waals surface area contributed by atoms with Gasteiger partial charge in [-0.15, -0.1) is 16.4 Å². The summed E-state index contributed by atoms with van der Waals surface area (Å²) in [6, 6.07) is 7.30. The summed E-state index contributed by atoms with van der Waals surface area (Å²) in [5.74, 6) is -60.9. The van der Waals surface area contributed by atoms with Crippen molar-refractivity contribution in [3.63, 3.8) is 0 Å². The summed E-state index contributed by atoms with van der Waals surface area (Å²) in [5, 5.41) is -5.86. The summed E-state index contributed by atoms with van der Waals surface area (Å²) >= 11 is 0. The highest BCUT2D eigenvalue weighted by molar-refractivity contribution is 7.14. The van der Waals surface area contributed by atoms with Crippen molar-refractivity contribution in [3.05, 3.63) is 204 Å². The second kappa shape index (κ2) is 16.7. The van der Waals surface area contributed by atoms with Crippen LogP contribution in [0.5, 0.6) is 0 Å². The predicted octanol–water partition coefficient (Wildman–Crippen LogP) is 12.8. The molecular formula is C48H28BF20-. The number of alkyl halides is 3. The summed E-state index contributed by atoms with van der Waals surface area (Å²) in [7, 11) is 0. The van der Waals surface area contributed by atoms with E-state index in [-0.39, 0.29) is 0 Å². The number of rotatable bonds is 7. The minimum atomic E-state index is -7.76. The van der Waals surface area contributed by atoms with Gasteiger partial charge >= 0.3 is 0 Å². The van der Waals surface area contributed by atoms with Crippen molar-refractivity contribution in [2.75, 3.05) is 0 Å². The minimum absolute atomic E-state index is 0.608. The van der Waals surface area contributed by atoms with Crippen molar-refractivity contribution in [1.82, 2.24) is 0 Å². The lowest BCUT2D eigenvalue weighted by Gasteiger charge is -2.68. The fourth-order valence-corrected chi connectivity index (χ4v) is 11.0. The lowest BCUT2D eigenvalue weighted by molar-refractivity contribution is -0.137. The lowest BCUT2D eigenvalue weighted by atomic mass is 9.02. The lowest BCUT2D eigenvalue weighted by Crippen LogP contribution is -2.89. The first kappa shape index (κ1) is 50.6. The zero-order valence-corrected chi connectivity index (χ0v) is 35.9. The molecule has 0 saturated heterocycles. The van der Waals surface area contributed by atoms with Gasteiger partial charge in [0.15, 0.2) is 70.0 Å². The van der Waals surface area contributed by atoms with Crippen LogP contribution in [0, 0.1) is 129 Å². The van der Waals surface area contributed by atoms with Crippen molar-refractivity contribution in [2.24, 2.45) is 0 Å². The molecule has 0 N–H and O–H groups in total. The van der Waals surface area contributed by atoms with E-state index in [0.717, 1.165) is 70.2 Å². The summed E-state index contributed by atoms with van der Waals surface area (Å²) < 4.78 is 344. The molecule has 364 valence electrons. The SMILES string of the molecule is Cc1cccc(C)c1C1(F)C(F)C(F)=C(F)C(c2c(C)cccc2C)([B-](c2c(F)c(F)c(F)c(F)c2F)(c2c(F)c(F)c(F)c(F)c2F)c2c(F)c(F)c(F)c(F)c2F)C1(F)c1c(C)cccc1C. The minimum Gasteiger partial charge on any atom is -0.237 e. The fraction of sp³-hybridized carbons (Fsp3) is 0.208. The number of halogens is 20. The molecule has 0 aliphatic heterocycles. The van der Waals surface area contributed by atoms with Gasteiger partial charge in [0.05, 0.1) is 0 Å². The van der Waals surface area contributed by atoms with Gasteiger partial charge in [0.25, 0.3) is 0 Å². The van der Waals surface area contributed by atoms with Crippen LogP contribution in [0.15, 0.2) is 66.3 Å². The van der Waals surface area contributed by atoms with Crippen molar-refractivity contribution in [1.29, 1.82) is 0 Å². The summed E-state index contributed by atoms with van der Waals surface area (Å²) in [4.78, 5) is 0. The molecule has 0 radical (unpaired) electrons. The monoisotopic (exact) mass is 995 g/mol. The molecule has 1 aliphatic carbocycles. The van der Waals surface area contributed by atoms with Crippen LogP contribution in [0.2, 0.25) is 0 Å². The van der Waals surface area contributed by atoms with E-state index in [1.165, 1.54) is 0 Å². The smallest absolute Gasteiger partial charge is 0.209 e. The first-order valence-electron chi connectivity index (χ1n) is 20.0. The summed E-state index contributed by atoms with van der Waals surface area (Å²) in [6.45, 7) is 4.38. The Labute approximate surface area is 377 Å². The van der Waals surface area contributed by atoms with Crippen molar-refractivity contribution in [3.8, 4) is 0 Å². The Balaban J connectivity index is 2.18. The van der Waals surface area contributed by atoms with E-state index in [2.05, 4.69) is 0 Å². The standard InChI is InChI=1S/C48H28BF20/c1-16-10-7-11-17(2)22(16)46(44(66)43(65)45(67)47(68,23-18(3)12-8-13-19(23)4)48(46,69)24-20(5)14-9-15-21(24)6)49(25-28(50)34(56)40(62)35(57)29(25)51,26-30(52)36(58)41(63)37(59)31(26)53)27-32(54)38(60)42(64)39(61)33(27)55/h7-15,45H,1-6H3/q-1. The third-order valence-corrected chi connectivity index (χ3v) is 13.4. The van der Waals surface area contributed by atoms with Crippen LogP contribution in [0.4, 0.5) is 87.8 Å². The molecule has 6 aromatic carbocycles. The fourth-order valence-electron chi connectivity index (χ4n) is 11.0. The van der Waals surface area contributed by atoms with Crippen LogP contribution < -0.4 is 16.4 Å². The first-order chi connectivity index (χ1) is 32.0. The number of benzene rings is 6. The Morgan fingerprint density at radius 1 is 0.348 bits per heavy atom. The van der Waals surface area contributed by atoms with Crippen LogP contribution in [0.1, 0.15) is 50.1 Å². The molecule has 1 aliphatic rings. The molecule has 0 fully saturated rings. The van der Waals surface area contributed by atoms with Crippen molar-refractivity contribution >= 4 is 22.5 Å². The third kappa shape index (κ3) is 6.05. The molecule has 21 heteroatoms. The largest absolute Gasteiger partial charge is 0.237 e. The van der Waals surface area contributed by atoms with Crippen molar-refractivity contribution < 1.29 is 87.8 Å². The van der Waals surface area contributed by atoms with Crippen LogP contribution in [0.3, 0.4) is 0 Å². The third-order valence-electron chi connectivity index (χ3n) is 13.4. The maximum absolute atomic E-state index is 21.6. The Bertz CT molecular complexity index is 2920. The molecule has 69 heavy (non-hydrogen) atoms. The quantitative estimate of drug-likeness (QED) is 0.0647. The Hall–Kier alpha value is -6.28. The van der Waals surface area contributed by atoms with E-state index in [1.807, 2.05) is 0 Å². The number of aryl methyl sites for hydroxylation is 6. The predicted molar refractivity (Wildman–Crippen MR) is 212 cm³/mol. The van der Waals surface area contributed by atoms with Gasteiger partial charge in [-0.05, 0) is 85.8 Å². The molecule has 0 heterocycles. The zero-order valence-electron chi connectivity index (χ0n) is 35.9. The molecule has 0 aromatic heterocycles. The Morgan fingerprint density at radius 3 is 0.855 bits per heavy atom. The number of allylic oxidation sites excluding steroid dienone is 2. The topological polar surface area (TPSA) is 0 Å². The highest BCUT2D eigenvalue weighted by Crippen LogP contribution is 2.71. The molecule has 0 saturated carbocycles. The van der Waals surface area contributed by atoms with Crippen LogP contribution in [-0.4, -0.2) is 12.3 Å². The summed E-state index contributed by atoms with van der Waals surface area (Å²) in [6.07, 6.45) is -12.3. The van der Waals surface area contributed by atoms with E-state index in [1.54, 1.807) is 0 Å². The molecular weight excluding hydrogens is 967 g/mol. The van der Waals surface area contributed by atoms with Gasteiger partial charge in [0.1, 0.15) is 46.9 Å². The molecule has 4 atom stereocenters. The summed E-state index contributed by atoms with van der Waals surface area (Å²) in [5.41, 5.74) is -32.5. The average Bonchev–Trinajstić information content (AvgIpc) is 3.29. The van der Waals surface area contributed by atoms with Crippen LogP contribution in [-0.2, 0) is 16.7 Å². The van der Waals surface area contributed by atoms with Gasteiger partial charge in [0.2, 0.25) is 5.67 Å². The molecule has 0 spiro atoms. The van der Waals surface area contributed by atoms with E-state index in [0.29, 0.717) is 26.0 Å². The Kier molecular flexibility index (Phi) is 12.3. The molecule has 0 amide bonds. The molecule has 4 unspecified atom stereocenters. The number of hydrogen-bond acceptors (Lipinski definition) is 0. The highest BCUT2D eigenvalue weighted by Gasteiger charge is 2.81. The van der Waals surface area contributed by atoms with Gasteiger partial charge in [-0.2, -0.15) is 0 Å². The maximum Gasteiger partial charge on any atom is 0.209 e. The normalized spacial score (nSPS) is 20.9. The molecule has 6 aromatic rings. The molecule has 0 nitrogen and oxygen atoms in total. The van der Waals surface area contributed by atoms with E-state index in [4.69, 9.17) is 0 Å². The molecule has 7 rings (SSSR count). The Morgan fingerprint density at radius 2 is 0.580 bits per heavy atom. The highest BCUT2D eigenvalue weighted by atomic mass is 19.2. The van der Waals surface area contributed by atoms with Gasteiger partial charge < -0.3 is 0 Å². The van der Waals surface area contributed by atoms with Crippen LogP contribution >= 0.6 is 0 Å². The van der Waals surface area contributed by atoms with E-state index < -0.39 is 194 Å². The second-order valence-electron chi connectivity index (χ2n) is 16.8. The van der Waals surface area contributed by atoms with Gasteiger partial charge in [-0.25, -0.2) is 87.8 Å². The number of hydrogen-bond donors (Lipinski definition) is 0.